The summed E-state index contributed by atoms with van der Waals surface area (Å²) >= 11 is 0. The van der Waals surface area contributed by atoms with Crippen molar-refractivity contribution in [1.82, 2.24) is 4.98 Å². The van der Waals surface area contributed by atoms with Crippen molar-refractivity contribution < 1.29 is 9.90 Å². The number of pyridine rings is 1. The van der Waals surface area contributed by atoms with E-state index < -0.39 is 11.3 Å². The van der Waals surface area contributed by atoms with Gasteiger partial charge in [-0.1, -0.05) is 38.1 Å². The highest BCUT2D eigenvalue weighted by atomic mass is 16.3. The van der Waals surface area contributed by atoms with Crippen LogP contribution in [0.2, 0.25) is 0 Å². The fourth-order valence-electron chi connectivity index (χ4n) is 2.64. The molecular formula is C20H20N2O3. The van der Waals surface area contributed by atoms with Crippen LogP contribution >= 0.6 is 0 Å². The molecule has 0 unspecified atom stereocenters. The number of anilines is 1. The predicted octanol–water partition coefficient (Wildman–Crippen LogP) is 3.05. The molecule has 3 aromatic rings. The van der Waals surface area contributed by atoms with Gasteiger partial charge in [-0.05, 0) is 29.8 Å². The average molecular weight is 336 g/mol. The van der Waals surface area contributed by atoms with E-state index in [9.17, 15) is 14.7 Å². The highest BCUT2D eigenvalue weighted by Gasteiger charge is 2.20. The Balaban J connectivity index is 1.92. The molecule has 1 heterocycles. The topological polar surface area (TPSA) is 82.2 Å². The second-order valence-electron chi connectivity index (χ2n) is 6.65. The van der Waals surface area contributed by atoms with Gasteiger partial charge in [-0.2, -0.15) is 0 Å². The highest BCUT2D eigenvalue weighted by molar-refractivity contribution is 6.05. The van der Waals surface area contributed by atoms with E-state index in [2.05, 4.69) is 10.3 Å². The molecule has 0 fully saturated rings. The number of carbonyl (C=O) groups excluding carboxylic acids is 1. The second kappa shape index (κ2) is 6.53. The number of aliphatic hydroxyl groups excluding tert-OH is 1. The van der Waals surface area contributed by atoms with Crippen LogP contribution in [0.15, 0.2) is 59.5 Å². The number of rotatable bonds is 4. The molecule has 0 spiro atoms. The average Bonchev–Trinajstić information content (AvgIpc) is 2.62. The lowest BCUT2D eigenvalue weighted by atomic mass is 9.85. The molecule has 1 amide bonds. The van der Waals surface area contributed by atoms with Crippen molar-refractivity contribution >= 4 is 22.5 Å². The van der Waals surface area contributed by atoms with Gasteiger partial charge in [-0.25, -0.2) is 0 Å². The lowest BCUT2D eigenvalue weighted by molar-refractivity contribution is 0.102. The largest absolute Gasteiger partial charge is 0.395 e. The van der Waals surface area contributed by atoms with Crippen LogP contribution in [0, 0.1) is 0 Å². The Hall–Kier alpha value is -2.92. The third-order valence-electron chi connectivity index (χ3n) is 4.33. The predicted molar refractivity (Wildman–Crippen MR) is 99.1 cm³/mol. The SMILES string of the molecule is CC(C)(CO)c1cccc(NC(=O)c2c[nH]c3ccccc3c2=O)c1. The van der Waals surface area contributed by atoms with Gasteiger partial charge in [0.05, 0.1) is 6.61 Å². The normalized spacial score (nSPS) is 11.5. The van der Waals surface area contributed by atoms with Crippen molar-refractivity contribution in [3.63, 3.8) is 0 Å². The summed E-state index contributed by atoms with van der Waals surface area (Å²) in [5.41, 5.74) is 1.51. The molecule has 2 aromatic carbocycles. The maximum Gasteiger partial charge on any atom is 0.261 e. The summed E-state index contributed by atoms with van der Waals surface area (Å²) in [7, 11) is 0. The lowest BCUT2D eigenvalue weighted by Crippen LogP contribution is -2.24. The number of carbonyl (C=O) groups is 1. The van der Waals surface area contributed by atoms with Crippen molar-refractivity contribution in [2.45, 2.75) is 19.3 Å². The number of aromatic nitrogens is 1. The minimum atomic E-state index is -0.467. The van der Waals surface area contributed by atoms with Crippen LogP contribution in [0.25, 0.3) is 10.9 Å². The first kappa shape index (κ1) is 16.9. The number of fused-ring (bicyclic) bond motifs is 1. The van der Waals surface area contributed by atoms with E-state index in [0.717, 1.165) is 5.56 Å². The van der Waals surface area contributed by atoms with Gasteiger partial charge in [-0.15, -0.1) is 0 Å². The van der Waals surface area contributed by atoms with Crippen molar-refractivity contribution in [2.75, 3.05) is 11.9 Å². The Morgan fingerprint density at radius 3 is 2.68 bits per heavy atom. The van der Waals surface area contributed by atoms with Gasteiger partial charge in [0.15, 0.2) is 0 Å². The van der Waals surface area contributed by atoms with Gasteiger partial charge in [0, 0.05) is 28.2 Å². The first-order chi connectivity index (χ1) is 11.9. The van der Waals surface area contributed by atoms with Crippen LogP contribution < -0.4 is 10.7 Å². The maximum absolute atomic E-state index is 12.5. The van der Waals surface area contributed by atoms with Gasteiger partial charge in [0.1, 0.15) is 5.56 Å². The van der Waals surface area contributed by atoms with Gasteiger partial charge in [0.25, 0.3) is 5.91 Å². The third-order valence-corrected chi connectivity index (χ3v) is 4.33. The third kappa shape index (κ3) is 3.32. The molecule has 5 heteroatoms. The fourth-order valence-corrected chi connectivity index (χ4v) is 2.64. The standard InChI is InChI=1S/C20H20N2O3/c1-20(2,12-23)13-6-5-7-14(10-13)22-19(25)16-11-21-17-9-4-3-8-15(17)18(16)24/h3-11,23H,12H2,1-2H3,(H,21,24)(H,22,25). The van der Waals surface area contributed by atoms with Crippen LogP contribution in [-0.2, 0) is 5.41 Å². The molecule has 0 atom stereocenters. The summed E-state index contributed by atoms with van der Waals surface area (Å²) in [5.74, 6) is -0.467. The maximum atomic E-state index is 12.5. The minimum absolute atomic E-state index is 0.00522. The molecule has 3 rings (SSSR count). The number of aliphatic hydroxyl groups is 1. The monoisotopic (exact) mass is 336 g/mol. The Morgan fingerprint density at radius 2 is 1.92 bits per heavy atom. The van der Waals surface area contributed by atoms with Gasteiger partial charge < -0.3 is 15.4 Å². The van der Waals surface area contributed by atoms with Crippen LogP contribution in [0.3, 0.4) is 0 Å². The van der Waals surface area contributed by atoms with E-state index in [1.165, 1.54) is 6.20 Å². The number of H-pyrrole nitrogens is 1. The summed E-state index contributed by atoms with van der Waals surface area (Å²) < 4.78 is 0. The van der Waals surface area contributed by atoms with E-state index in [1.54, 1.807) is 24.3 Å². The molecule has 0 aliphatic heterocycles. The van der Waals surface area contributed by atoms with Crippen molar-refractivity contribution in [3.05, 3.63) is 76.1 Å². The Bertz CT molecular complexity index is 989. The Kier molecular flexibility index (Phi) is 4.42. The molecule has 1 aromatic heterocycles. The number of nitrogens with one attached hydrogen (secondary N) is 2. The molecule has 0 saturated heterocycles. The molecule has 128 valence electrons. The molecule has 3 N–H and O–H groups in total. The van der Waals surface area contributed by atoms with Gasteiger partial charge >= 0.3 is 0 Å². The van der Waals surface area contributed by atoms with Crippen LogP contribution in [0.1, 0.15) is 29.8 Å². The van der Waals surface area contributed by atoms with Crippen LogP contribution in [-0.4, -0.2) is 22.6 Å². The number of amides is 1. The zero-order chi connectivity index (χ0) is 18.0. The molecule has 0 bridgehead atoms. The Morgan fingerprint density at radius 1 is 1.16 bits per heavy atom. The number of para-hydroxylation sites is 1. The van der Waals surface area contributed by atoms with Crippen molar-refractivity contribution in [2.24, 2.45) is 0 Å². The van der Waals surface area contributed by atoms with Gasteiger partial charge in [0.2, 0.25) is 5.43 Å². The van der Waals surface area contributed by atoms with E-state index >= 15 is 0 Å². The molecule has 0 aliphatic carbocycles. The van der Waals surface area contributed by atoms with E-state index in [1.807, 2.05) is 38.1 Å². The Labute approximate surface area is 145 Å². The highest BCUT2D eigenvalue weighted by Crippen LogP contribution is 2.25. The van der Waals surface area contributed by atoms with E-state index in [0.29, 0.717) is 16.6 Å². The summed E-state index contributed by atoms with van der Waals surface area (Å²) in [6.07, 6.45) is 1.43. The quantitative estimate of drug-likeness (QED) is 0.685. The molecule has 0 saturated carbocycles. The van der Waals surface area contributed by atoms with Crippen LogP contribution in [0.5, 0.6) is 0 Å². The molecule has 0 aliphatic rings. The number of hydrogen-bond acceptors (Lipinski definition) is 3. The van der Waals surface area contributed by atoms with Crippen molar-refractivity contribution in [1.29, 1.82) is 0 Å². The first-order valence-electron chi connectivity index (χ1n) is 8.05. The molecule has 5 nitrogen and oxygen atoms in total. The molecule has 25 heavy (non-hydrogen) atoms. The first-order valence-corrected chi connectivity index (χ1v) is 8.05. The van der Waals surface area contributed by atoms with Crippen molar-refractivity contribution in [3.8, 4) is 0 Å². The molecular weight excluding hydrogens is 316 g/mol. The summed E-state index contributed by atoms with van der Waals surface area (Å²) in [4.78, 5) is 28.0. The summed E-state index contributed by atoms with van der Waals surface area (Å²) in [5, 5.41) is 12.7. The number of benzene rings is 2. The fraction of sp³-hybridized carbons (Fsp3) is 0.200. The van der Waals surface area contributed by atoms with Gasteiger partial charge in [-0.3, -0.25) is 9.59 Å². The van der Waals surface area contributed by atoms with E-state index in [4.69, 9.17) is 0 Å². The number of hydrogen-bond donors (Lipinski definition) is 3. The minimum Gasteiger partial charge on any atom is -0.395 e. The van der Waals surface area contributed by atoms with Crippen LogP contribution in [0.4, 0.5) is 5.69 Å². The zero-order valence-electron chi connectivity index (χ0n) is 14.2. The summed E-state index contributed by atoms with van der Waals surface area (Å²) in [6, 6.07) is 14.3. The number of aromatic amines is 1. The summed E-state index contributed by atoms with van der Waals surface area (Å²) in [6.45, 7) is 3.83. The zero-order valence-corrected chi connectivity index (χ0v) is 14.2. The second-order valence-corrected chi connectivity index (χ2v) is 6.65. The smallest absolute Gasteiger partial charge is 0.261 e. The lowest BCUT2D eigenvalue weighted by Gasteiger charge is -2.22. The van der Waals surface area contributed by atoms with E-state index in [-0.39, 0.29) is 17.6 Å². The molecule has 0 radical (unpaired) electrons.